The molecule has 0 aromatic heterocycles. The van der Waals surface area contributed by atoms with Gasteiger partial charge in [0.1, 0.15) is 0 Å². The molecule has 0 atom stereocenters. The minimum atomic E-state index is -0.0894. The van der Waals surface area contributed by atoms with Crippen molar-refractivity contribution in [3.05, 3.63) is 23.8 Å². The summed E-state index contributed by atoms with van der Waals surface area (Å²) >= 11 is 0. The monoisotopic (exact) mass is 261 g/mol. The minimum Gasteiger partial charge on any atom is -0.398 e. The molecule has 5 heteroatoms. The van der Waals surface area contributed by atoms with Crippen LogP contribution in [0.1, 0.15) is 24.8 Å². The first kappa shape index (κ1) is 13.4. The maximum absolute atomic E-state index is 11.8. The summed E-state index contributed by atoms with van der Waals surface area (Å²) in [5.41, 5.74) is 8.05. The molecule has 1 aromatic rings. The highest BCUT2D eigenvalue weighted by Crippen LogP contribution is 2.20. The summed E-state index contributed by atoms with van der Waals surface area (Å²) < 4.78 is 0. The molecule has 1 saturated heterocycles. The number of nitrogen functional groups attached to an aromatic ring is 1. The lowest BCUT2D eigenvalue weighted by atomic mass is 10.1. The zero-order chi connectivity index (χ0) is 13.8. The van der Waals surface area contributed by atoms with Gasteiger partial charge in [-0.1, -0.05) is 6.07 Å². The second-order valence-electron chi connectivity index (χ2n) is 4.80. The summed E-state index contributed by atoms with van der Waals surface area (Å²) in [6.07, 6.45) is 1.82. The summed E-state index contributed by atoms with van der Waals surface area (Å²) in [6.45, 7) is 3.13. The van der Waals surface area contributed by atoms with Gasteiger partial charge in [-0.15, -0.1) is 0 Å². The van der Waals surface area contributed by atoms with Gasteiger partial charge in [0.05, 0.1) is 0 Å². The van der Waals surface area contributed by atoms with Gasteiger partial charge in [0.2, 0.25) is 11.8 Å². The van der Waals surface area contributed by atoms with Crippen LogP contribution >= 0.6 is 0 Å². The molecule has 1 aliphatic rings. The first-order chi connectivity index (χ1) is 9.08. The fourth-order valence-electron chi connectivity index (χ4n) is 2.18. The van der Waals surface area contributed by atoms with E-state index in [-0.39, 0.29) is 11.8 Å². The van der Waals surface area contributed by atoms with Crippen LogP contribution in [0.25, 0.3) is 0 Å². The van der Waals surface area contributed by atoms with Gasteiger partial charge >= 0.3 is 0 Å². The van der Waals surface area contributed by atoms with E-state index in [2.05, 4.69) is 5.32 Å². The Kier molecular flexibility index (Phi) is 4.04. The van der Waals surface area contributed by atoms with E-state index in [1.165, 1.54) is 0 Å². The average molecular weight is 261 g/mol. The number of carbonyl (C=O) groups is 2. The van der Waals surface area contributed by atoms with Crippen LogP contribution in [0.3, 0.4) is 0 Å². The lowest BCUT2D eigenvalue weighted by molar-refractivity contribution is -0.128. The van der Waals surface area contributed by atoms with Gasteiger partial charge in [0.15, 0.2) is 0 Å². The molecule has 1 fully saturated rings. The Morgan fingerprint density at radius 3 is 2.95 bits per heavy atom. The highest BCUT2D eigenvalue weighted by Gasteiger charge is 2.20. The minimum absolute atomic E-state index is 0.0894. The maximum atomic E-state index is 11.8. The predicted molar refractivity (Wildman–Crippen MR) is 74.7 cm³/mol. The van der Waals surface area contributed by atoms with Crippen LogP contribution in [-0.2, 0) is 9.59 Å². The number of nitrogens with zero attached hydrogens (tertiary/aromatic N) is 1. The number of hydrogen-bond donors (Lipinski definition) is 2. The van der Waals surface area contributed by atoms with Gasteiger partial charge in [0.25, 0.3) is 0 Å². The third kappa shape index (κ3) is 3.24. The largest absolute Gasteiger partial charge is 0.398 e. The van der Waals surface area contributed by atoms with E-state index in [1.54, 1.807) is 11.0 Å². The fraction of sp³-hybridized carbons (Fsp3) is 0.429. The Hall–Kier alpha value is -2.04. The molecule has 1 heterocycles. The molecule has 2 rings (SSSR count). The smallest absolute Gasteiger partial charge is 0.226 e. The van der Waals surface area contributed by atoms with Crippen molar-refractivity contribution >= 4 is 23.2 Å². The van der Waals surface area contributed by atoms with Crippen LogP contribution in [-0.4, -0.2) is 29.8 Å². The molecule has 0 saturated carbocycles. The predicted octanol–water partition coefficient (Wildman–Crippen LogP) is 1.53. The van der Waals surface area contributed by atoms with E-state index in [0.29, 0.717) is 25.1 Å². The van der Waals surface area contributed by atoms with Crippen LogP contribution in [0.5, 0.6) is 0 Å². The van der Waals surface area contributed by atoms with Gasteiger partial charge in [-0.3, -0.25) is 9.59 Å². The van der Waals surface area contributed by atoms with Gasteiger partial charge in [0, 0.05) is 37.3 Å². The molecule has 0 aliphatic carbocycles. The molecule has 3 N–H and O–H groups in total. The lowest BCUT2D eigenvalue weighted by Crippen LogP contribution is -2.28. The van der Waals surface area contributed by atoms with E-state index < -0.39 is 0 Å². The van der Waals surface area contributed by atoms with E-state index in [1.807, 2.05) is 19.1 Å². The Bertz CT molecular complexity index is 499. The Balaban J connectivity index is 1.87. The van der Waals surface area contributed by atoms with Crippen molar-refractivity contribution in [2.75, 3.05) is 24.1 Å². The summed E-state index contributed by atoms with van der Waals surface area (Å²) in [7, 11) is 0. The second kappa shape index (κ2) is 5.73. The number of amides is 2. The SMILES string of the molecule is Cc1c(N)cccc1NC(=O)CCN1CCCC1=O. The number of nitrogens with two attached hydrogens (primary N) is 1. The molecule has 102 valence electrons. The summed E-state index contributed by atoms with van der Waals surface area (Å²) in [4.78, 5) is 25.0. The Labute approximate surface area is 112 Å². The van der Waals surface area contributed by atoms with Crippen molar-refractivity contribution in [3.8, 4) is 0 Å². The lowest BCUT2D eigenvalue weighted by Gasteiger charge is -2.15. The Morgan fingerprint density at radius 1 is 1.47 bits per heavy atom. The van der Waals surface area contributed by atoms with E-state index in [0.717, 1.165) is 24.2 Å². The highest BCUT2D eigenvalue weighted by molar-refractivity contribution is 5.92. The maximum Gasteiger partial charge on any atom is 0.226 e. The second-order valence-corrected chi connectivity index (χ2v) is 4.80. The third-order valence-electron chi connectivity index (χ3n) is 3.43. The van der Waals surface area contributed by atoms with E-state index in [4.69, 9.17) is 5.73 Å². The molecule has 0 unspecified atom stereocenters. The summed E-state index contributed by atoms with van der Waals surface area (Å²) in [5.74, 6) is 0.0568. The van der Waals surface area contributed by atoms with Crippen LogP contribution < -0.4 is 11.1 Å². The fourth-order valence-corrected chi connectivity index (χ4v) is 2.18. The first-order valence-corrected chi connectivity index (χ1v) is 6.50. The molecular weight excluding hydrogens is 242 g/mol. The molecule has 0 radical (unpaired) electrons. The van der Waals surface area contributed by atoms with Crippen LogP contribution in [0.15, 0.2) is 18.2 Å². The van der Waals surface area contributed by atoms with Gasteiger partial charge in [-0.05, 0) is 31.0 Å². The van der Waals surface area contributed by atoms with Crippen molar-refractivity contribution in [1.29, 1.82) is 0 Å². The highest BCUT2D eigenvalue weighted by atomic mass is 16.2. The van der Waals surface area contributed by atoms with Gasteiger partial charge in [-0.2, -0.15) is 0 Å². The first-order valence-electron chi connectivity index (χ1n) is 6.50. The number of anilines is 2. The number of carbonyl (C=O) groups excluding carboxylic acids is 2. The molecule has 1 aliphatic heterocycles. The molecule has 19 heavy (non-hydrogen) atoms. The van der Waals surface area contributed by atoms with E-state index >= 15 is 0 Å². The molecule has 1 aromatic carbocycles. The van der Waals surface area contributed by atoms with Crippen molar-refractivity contribution in [2.45, 2.75) is 26.2 Å². The quantitative estimate of drug-likeness (QED) is 0.807. The average Bonchev–Trinajstić information content (AvgIpc) is 2.78. The molecule has 5 nitrogen and oxygen atoms in total. The standard InChI is InChI=1S/C14H19N3O2/c1-10-11(15)4-2-5-12(10)16-13(18)7-9-17-8-3-6-14(17)19/h2,4-5H,3,6-9,15H2,1H3,(H,16,18). The molecule has 0 bridgehead atoms. The number of likely N-dealkylation sites (tertiary alicyclic amines) is 1. The molecule has 2 amide bonds. The van der Waals surface area contributed by atoms with Gasteiger partial charge in [-0.25, -0.2) is 0 Å². The van der Waals surface area contributed by atoms with Crippen LogP contribution in [0.4, 0.5) is 11.4 Å². The van der Waals surface area contributed by atoms with Crippen molar-refractivity contribution in [2.24, 2.45) is 0 Å². The van der Waals surface area contributed by atoms with Crippen molar-refractivity contribution in [1.82, 2.24) is 4.90 Å². The number of benzene rings is 1. The number of nitrogens with one attached hydrogen (secondary N) is 1. The van der Waals surface area contributed by atoms with Crippen LogP contribution in [0.2, 0.25) is 0 Å². The zero-order valence-electron chi connectivity index (χ0n) is 11.1. The normalized spacial score (nSPS) is 14.8. The topological polar surface area (TPSA) is 75.4 Å². The molecular formula is C14H19N3O2. The zero-order valence-corrected chi connectivity index (χ0v) is 11.1. The Morgan fingerprint density at radius 2 is 2.26 bits per heavy atom. The summed E-state index contributed by atoms with van der Waals surface area (Å²) in [5, 5.41) is 2.83. The van der Waals surface area contributed by atoms with Gasteiger partial charge < -0.3 is 16.0 Å². The molecule has 0 spiro atoms. The van der Waals surface area contributed by atoms with Crippen LogP contribution in [0, 0.1) is 6.92 Å². The number of rotatable bonds is 4. The van der Waals surface area contributed by atoms with Crippen molar-refractivity contribution < 1.29 is 9.59 Å². The summed E-state index contributed by atoms with van der Waals surface area (Å²) in [6, 6.07) is 5.43. The van der Waals surface area contributed by atoms with Crippen molar-refractivity contribution in [3.63, 3.8) is 0 Å². The van der Waals surface area contributed by atoms with E-state index in [9.17, 15) is 9.59 Å². The third-order valence-corrected chi connectivity index (χ3v) is 3.43. The number of hydrogen-bond acceptors (Lipinski definition) is 3.